The fourth-order valence-corrected chi connectivity index (χ4v) is 2.32. The van der Waals surface area contributed by atoms with E-state index in [4.69, 9.17) is 0 Å². The molecule has 116 valence electrons. The van der Waals surface area contributed by atoms with Gasteiger partial charge in [0.2, 0.25) is 0 Å². The zero-order valence-electron chi connectivity index (χ0n) is 11.3. The summed E-state index contributed by atoms with van der Waals surface area (Å²) >= 11 is 0. The van der Waals surface area contributed by atoms with Crippen LogP contribution in [0.2, 0.25) is 0 Å². The highest BCUT2D eigenvalue weighted by molar-refractivity contribution is 5.89. The van der Waals surface area contributed by atoms with E-state index in [-0.39, 0.29) is 6.04 Å². The molecule has 1 aromatic heterocycles. The third-order valence-electron chi connectivity index (χ3n) is 3.40. The lowest BCUT2D eigenvalue weighted by atomic mass is 10.1. The normalized spacial score (nSPS) is 17.0. The molecule has 3 rings (SSSR count). The predicted molar refractivity (Wildman–Crippen MR) is 70.6 cm³/mol. The van der Waals surface area contributed by atoms with Crippen LogP contribution in [0, 0.1) is 17.5 Å². The van der Waals surface area contributed by atoms with E-state index >= 15 is 0 Å². The Kier molecular flexibility index (Phi) is 3.70. The summed E-state index contributed by atoms with van der Waals surface area (Å²) in [5.41, 5.74) is -0.423. The number of carbonyl (C=O) groups excluding carboxylic acids is 1. The second kappa shape index (κ2) is 5.66. The number of halogens is 3. The average molecular weight is 311 g/mol. The lowest BCUT2D eigenvalue weighted by Gasteiger charge is -2.23. The lowest BCUT2D eigenvalue weighted by Crippen LogP contribution is -2.43. The first kappa shape index (κ1) is 14.4. The van der Waals surface area contributed by atoms with Crippen LogP contribution in [0.1, 0.15) is 12.2 Å². The number of benzene rings is 1. The van der Waals surface area contributed by atoms with Crippen molar-refractivity contribution in [3.63, 3.8) is 0 Å². The third-order valence-corrected chi connectivity index (χ3v) is 3.40. The number of hydrogen-bond donors (Lipinski definition) is 2. The minimum Gasteiger partial charge on any atom is -0.333 e. The van der Waals surface area contributed by atoms with Crippen molar-refractivity contribution in [2.45, 2.75) is 25.4 Å². The van der Waals surface area contributed by atoms with Gasteiger partial charge < -0.3 is 10.6 Å². The molecule has 1 atom stereocenters. The molecule has 2 amide bonds. The van der Waals surface area contributed by atoms with Gasteiger partial charge in [0.15, 0.2) is 11.6 Å². The Morgan fingerprint density at radius 2 is 2.00 bits per heavy atom. The molecule has 2 aromatic rings. The minimum absolute atomic E-state index is 0.206. The number of aryl methyl sites for hydroxylation is 1. The van der Waals surface area contributed by atoms with Gasteiger partial charge in [0.25, 0.3) is 0 Å². The van der Waals surface area contributed by atoms with E-state index in [0.717, 1.165) is 5.82 Å². The molecule has 6 nitrogen and oxygen atoms in total. The molecule has 1 aliphatic rings. The number of nitrogens with zero attached hydrogens (tertiary/aromatic N) is 3. The number of carbonyl (C=O) groups is 1. The zero-order valence-corrected chi connectivity index (χ0v) is 11.3. The van der Waals surface area contributed by atoms with Crippen molar-refractivity contribution in [3.05, 3.63) is 41.7 Å². The van der Waals surface area contributed by atoms with E-state index in [1.165, 1.54) is 6.33 Å². The van der Waals surface area contributed by atoms with Crippen LogP contribution in [-0.2, 0) is 13.0 Å². The summed E-state index contributed by atoms with van der Waals surface area (Å²) in [7, 11) is 0. The Bertz CT molecular complexity index is 718. The summed E-state index contributed by atoms with van der Waals surface area (Å²) in [6.45, 7) is 0.447. The largest absolute Gasteiger partial charge is 0.333 e. The second-order valence-corrected chi connectivity index (χ2v) is 4.94. The summed E-state index contributed by atoms with van der Waals surface area (Å²) in [6.07, 6.45) is 2.76. The smallest absolute Gasteiger partial charge is 0.319 e. The monoisotopic (exact) mass is 311 g/mol. The summed E-state index contributed by atoms with van der Waals surface area (Å²) in [4.78, 5) is 15.9. The van der Waals surface area contributed by atoms with Gasteiger partial charge in [-0.3, -0.25) is 0 Å². The number of nitrogens with one attached hydrogen (secondary N) is 2. The number of urea groups is 1. The number of aromatic nitrogens is 3. The van der Waals surface area contributed by atoms with Crippen molar-refractivity contribution in [2.75, 3.05) is 5.32 Å². The van der Waals surface area contributed by atoms with Gasteiger partial charge in [-0.05, 0) is 6.42 Å². The van der Waals surface area contributed by atoms with E-state index in [1.54, 1.807) is 4.68 Å². The maximum atomic E-state index is 13.5. The minimum atomic E-state index is -1.31. The molecule has 1 aliphatic heterocycles. The number of rotatable bonds is 2. The van der Waals surface area contributed by atoms with Crippen molar-refractivity contribution in [1.29, 1.82) is 0 Å². The van der Waals surface area contributed by atoms with Crippen LogP contribution in [0.25, 0.3) is 0 Å². The Labute approximate surface area is 123 Å². The quantitative estimate of drug-likeness (QED) is 0.831. The van der Waals surface area contributed by atoms with Crippen molar-refractivity contribution in [3.8, 4) is 0 Å². The number of amides is 2. The summed E-state index contributed by atoms with van der Waals surface area (Å²) in [5.74, 6) is -2.75. The topological polar surface area (TPSA) is 71.8 Å². The molecule has 22 heavy (non-hydrogen) atoms. The van der Waals surface area contributed by atoms with Crippen LogP contribution in [0.4, 0.5) is 23.7 Å². The Balaban J connectivity index is 1.63. The molecule has 2 heterocycles. The molecule has 0 fully saturated rings. The highest BCUT2D eigenvalue weighted by Gasteiger charge is 2.22. The van der Waals surface area contributed by atoms with Crippen LogP contribution in [-0.4, -0.2) is 26.8 Å². The first-order valence-corrected chi connectivity index (χ1v) is 6.61. The first-order valence-electron chi connectivity index (χ1n) is 6.61. The summed E-state index contributed by atoms with van der Waals surface area (Å²) in [5, 5.41) is 8.82. The van der Waals surface area contributed by atoms with Gasteiger partial charge in [-0.25, -0.2) is 27.6 Å². The van der Waals surface area contributed by atoms with Gasteiger partial charge in [0.1, 0.15) is 18.0 Å². The van der Waals surface area contributed by atoms with Crippen molar-refractivity contribution in [1.82, 2.24) is 20.1 Å². The van der Waals surface area contributed by atoms with E-state index in [1.807, 2.05) is 0 Å². The van der Waals surface area contributed by atoms with Gasteiger partial charge in [-0.15, -0.1) is 0 Å². The van der Waals surface area contributed by atoms with E-state index < -0.39 is 29.2 Å². The molecule has 0 saturated heterocycles. The first-order chi connectivity index (χ1) is 10.5. The summed E-state index contributed by atoms with van der Waals surface area (Å²) in [6, 6.07) is 0.0782. The zero-order chi connectivity index (χ0) is 15.7. The molecule has 1 unspecified atom stereocenters. The molecular weight excluding hydrogens is 299 g/mol. The third kappa shape index (κ3) is 2.87. The number of anilines is 1. The van der Waals surface area contributed by atoms with Crippen molar-refractivity contribution < 1.29 is 18.0 Å². The van der Waals surface area contributed by atoms with E-state index in [0.29, 0.717) is 31.5 Å². The molecule has 0 saturated carbocycles. The highest BCUT2D eigenvalue weighted by atomic mass is 19.2. The molecule has 2 N–H and O–H groups in total. The van der Waals surface area contributed by atoms with Crippen LogP contribution in [0.15, 0.2) is 18.5 Å². The average Bonchev–Trinajstić information content (AvgIpc) is 2.92. The van der Waals surface area contributed by atoms with E-state index in [9.17, 15) is 18.0 Å². The molecule has 0 aliphatic carbocycles. The van der Waals surface area contributed by atoms with Gasteiger partial charge in [0.05, 0.1) is 18.3 Å². The maximum absolute atomic E-state index is 13.5. The Hall–Kier alpha value is -2.58. The highest BCUT2D eigenvalue weighted by Crippen LogP contribution is 2.18. The predicted octanol–water partition coefficient (Wildman–Crippen LogP) is 1.83. The Morgan fingerprint density at radius 1 is 1.23 bits per heavy atom. The number of fused-ring (bicyclic) bond motifs is 1. The van der Waals surface area contributed by atoms with Crippen molar-refractivity contribution >= 4 is 11.7 Å². The standard InChI is InChI=1S/C13H12F3N5O/c14-8-3-10(16)11(4-9(8)15)20-13(22)19-7-1-2-12-17-6-18-21(12)5-7/h3-4,6-7H,1-2,5H2,(H2,19,20,22). The molecular formula is C13H12F3N5O. The molecule has 9 heteroatoms. The SMILES string of the molecule is O=C(Nc1cc(F)c(F)cc1F)NC1CCc2ncnn2C1. The van der Waals surface area contributed by atoms with Crippen LogP contribution < -0.4 is 10.6 Å². The van der Waals surface area contributed by atoms with Crippen LogP contribution >= 0.6 is 0 Å². The molecule has 0 spiro atoms. The summed E-state index contributed by atoms with van der Waals surface area (Å²) < 4.78 is 41.0. The fraction of sp³-hybridized carbons (Fsp3) is 0.308. The lowest BCUT2D eigenvalue weighted by molar-refractivity contribution is 0.243. The molecule has 1 aromatic carbocycles. The fourth-order valence-electron chi connectivity index (χ4n) is 2.32. The molecule has 0 radical (unpaired) electrons. The maximum Gasteiger partial charge on any atom is 0.319 e. The van der Waals surface area contributed by atoms with Gasteiger partial charge >= 0.3 is 6.03 Å². The van der Waals surface area contributed by atoms with Crippen LogP contribution in [0.3, 0.4) is 0 Å². The van der Waals surface area contributed by atoms with Crippen LogP contribution in [0.5, 0.6) is 0 Å². The van der Waals surface area contributed by atoms with Gasteiger partial charge in [0, 0.05) is 18.6 Å². The molecule has 0 bridgehead atoms. The van der Waals surface area contributed by atoms with E-state index in [2.05, 4.69) is 20.7 Å². The Morgan fingerprint density at radius 3 is 2.82 bits per heavy atom. The van der Waals surface area contributed by atoms with Gasteiger partial charge in [-0.1, -0.05) is 0 Å². The number of hydrogen-bond acceptors (Lipinski definition) is 3. The van der Waals surface area contributed by atoms with Crippen molar-refractivity contribution in [2.24, 2.45) is 0 Å². The second-order valence-electron chi connectivity index (χ2n) is 4.94. The van der Waals surface area contributed by atoms with Gasteiger partial charge in [-0.2, -0.15) is 5.10 Å².